The predicted molar refractivity (Wildman–Crippen MR) is 86.3 cm³/mol. The molecule has 0 N–H and O–H groups in total. The van der Waals surface area contributed by atoms with E-state index in [-0.39, 0.29) is 0 Å². The number of piperidine rings is 1. The molecule has 112 valence electrons. The molecule has 1 aromatic rings. The lowest BCUT2D eigenvalue weighted by atomic mass is 9.93. The highest BCUT2D eigenvalue weighted by Crippen LogP contribution is 2.33. The van der Waals surface area contributed by atoms with Gasteiger partial charge in [-0.2, -0.15) is 0 Å². The Hall–Kier alpha value is -1.09. The van der Waals surface area contributed by atoms with Crippen molar-refractivity contribution in [3.63, 3.8) is 0 Å². The number of rotatable bonds is 4. The number of hydrogen-bond acceptors (Lipinski definition) is 3. The highest BCUT2D eigenvalue weighted by molar-refractivity contribution is 5.41. The van der Waals surface area contributed by atoms with Gasteiger partial charge in [0.2, 0.25) is 0 Å². The third-order valence-electron chi connectivity index (χ3n) is 4.14. The number of aromatic nitrogens is 1. The molecule has 1 aromatic heterocycles. The van der Waals surface area contributed by atoms with Gasteiger partial charge in [0.25, 0.3) is 0 Å². The predicted octanol–water partition coefficient (Wildman–Crippen LogP) is 3.64. The second kappa shape index (κ2) is 6.57. The summed E-state index contributed by atoms with van der Waals surface area (Å²) in [7, 11) is 4.10. The molecular formula is C17H29N3. The molecule has 1 fully saturated rings. The van der Waals surface area contributed by atoms with Gasteiger partial charge >= 0.3 is 0 Å². The van der Waals surface area contributed by atoms with Gasteiger partial charge in [0, 0.05) is 32.4 Å². The van der Waals surface area contributed by atoms with Gasteiger partial charge in [-0.15, -0.1) is 0 Å². The van der Waals surface area contributed by atoms with Crippen LogP contribution in [0.25, 0.3) is 0 Å². The summed E-state index contributed by atoms with van der Waals surface area (Å²) in [6.45, 7) is 9.21. The second-order valence-corrected chi connectivity index (χ2v) is 6.64. The summed E-state index contributed by atoms with van der Waals surface area (Å²) >= 11 is 0. The summed E-state index contributed by atoms with van der Waals surface area (Å²) in [4.78, 5) is 9.49. The molecule has 0 radical (unpaired) electrons. The molecule has 2 rings (SSSR count). The number of anilines is 1. The van der Waals surface area contributed by atoms with Crippen LogP contribution in [0.15, 0.2) is 12.1 Å². The number of pyridine rings is 1. The zero-order chi connectivity index (χ0) is 14.7. The Balaban J connectivity index is 2.23. The minimum atomic E-state index is 0.565. The molecule has 0 amide bonds. The summed E-state index contributed by atoms with van der Waals surface area (Å²) in [6.07, 6.45) is 3.95. The zero-order valence-corrected chi connectivity index (χ0v) is 13.7. The Kier molecular flexibility index (Phi) is 5.03. The third kappa shape index (κ3) is 3.51. The van der Waals surface area contributed by atoms with Crippen LogP contribution < -0.4 is 4.90 Å². The molecule has 20 heavy (non-hydrogen) atoms. The van der Waals surface area contributed by atoms with Crippen LogP contribution in [0.4, 0.5) is 5.82 Å². The fourth-order valence-corrected chi connectivity index (χ4v) is 3.19. The summed E-state index contributed by atoms with van der Waals surface area (Å²) in [5.41, 5.74) is 2.62. The molecule has 0 saturated carbocycles. The van der Waals surface area contributed by atoms with Crippen LogP contribution in [0, 0.1) is 12.8 Å². The average Bonchev–Trinajstić information content (AvgIpc) is 2.39. The highest BCUT2D eigenvalue weighted by atomic mass is 15.2. The number of hydrogen-bond donors (Lipinski definition) is 0. The molecule has 3 nitrogen and oxygen atoms in total. The van der Waals surface area contributed by atoms with Gasteiger partial charge in [-0.25, -0.2) is 4.98 Å². The maximum atomic E-state index is 4.76. The van der Waals surface area contributed by atoms with Crippen LogP contribution in [-0.2, 0) is 0 Å². The van der Waals surface area contributed by atoms with E-state index in [1.54, 1.807) is 0 Å². The summed E-state index contributed by atoms with van der Waals surface area (Å²) in [6, 6.07) is 5.01. The van der Waals surface area contributed by atoms with E-state index in [1.165, 1.54) is 43.6 Å². The van der Waals surface area contributed by atoms with Crippen molar-refractivity contribution in [3.8, 4) is 0 Å². The quantitative estimate of drug-likeness (QED) is 0.836. The van der Waals surface area contributed by atoms with E-state index in [0.717, 1.165) is 11.7 Å². The van der Waals surface area contributed by atoms with Crippen molar-refractivity contribution >= 4 is 5.82 Å². The first-order valence-electron chi connectivity index (χ1n) is 7.88. The number of nitrogens with zero attached hydrogens (tertiary/aromatic N) is 3. The SMILES string of the molecule is Cc1nc(N(C)C)ccc1[C@@H]1CCCCN1CC(C)C. The molecule has 1 atom stereocenters. The maximum Gasteiger partial charge on any atom is 0.128 e. The van der Waals surface area contributed by atoms with E-state index in [2.05, 4.69) is 42.7 Å². The average molecular weight is 275 g/mol. The highest BCUT2D eigenvalue weighted by Gasteiger charge is 2.26. The van der Waals surface area contributed by atoms with Gasteiger partial charge in [-0.1, -0.05) is 26.3 Å². The van der Waals surface area contributed by atoms with Crippen molar-refractivity contribution in [1.29, 1.82) is 0 Å². The molecular weight excluding hydrogens is 246 g/mol. The molecule has 0 unspecified atom stereocenters. The van der Waals surface area contributed by atoms with E-state index >= 15 is 0 Å². The molecule has 0 bridgehead atoms. The lowest BCUT2D eigenvalue weighted by Gasteiger charge is -2.37. The molecule has 1 aliphatic rings. The van der Waals surface area contributed by atoms with Crippen LogP contribution in [0.2, 0.25) is 0 Å². The first-order valence-corrected chi connectivity index (χ1v) is 7.88. The Morgan fingerprint density at radius 3 is 2.65 bits per heavy atom. The topological polar surface area (TPSA) is 19.4 Å². The Labute approximate surface area is 124 Å². The van der Waals surface area contributed by atoms with Crippen molar-refractivity contribution in [2.75, 3.05) is 32.1 Å². The van der Waals surface area contributed by atoms with E-state index < -0.39 is 0 Å². The Bertz CT molecular complexity index is 440. The molecule has 0 spiro atoms. The lowest BCUT2D eigenvalue weighted by molar-refractivity contribution is 0.131. The molecule has 0 aromatic carbocycles. The number of aryl methyl sites for hydroxylation is 1. The van der Waals surface area contributed by atoms with Crippen LogP contribution in [0.5, 0.6) is 0 Å². The van der Waals surface area contributed by atoms with E-state index in [4.69, 9.17) is 4.98 Å². The van der Waals surface area contributed by atoms with Crippen molar-refractivity contribution in [3.05, 3.63) is 23.4 Å². The minimum absolute atomic E-state index is 0.565. The largest absolute Gasteiger partial charge is 0.363 e. The van der Waals surface area contributed by atoms with Crippen LogP contribution in [-0.4, -0.2) is 37.1 Å². The van der Waals surface area contributed by atoms with Crippen molar-refractivity contribution in [1.82, 2.24) is 9.88 Å². The van der Waals surface area contributed by atoms with Crippen LogP contribution in [0.3, 0.4) is 0 Å². The van der Waals surface area contributed by atoms with Gasteiger partial charge in [0.1, 0.15) is 5.82 Å². The standard InChI is InChI=1S/C17H29N3/c1-13(2)12-20-11-7-6-8-16(20)15-9-10-17(19(4)5)18-14(15)3/h9-10,13,16H,6-8,11-12H2,1-5H3/t16-/m0/s1. The van der Waals surface area contributed by atoms with Crippen LogP contribution >= 0.6 is 0 Å². The normalized spacial score (nSPS) is 20.4. The first kappa shape index (κ1) is 15.3. The second-order valence-electron chi connectivity index (χ2n) is 6.64. The first-order chi connectivity index (χ1) is 9.49. The van der Waals surface area contributed by atoms with Crippen molar-refractivity contribution in [2.45, 2.75) is 46.1 Å². The molecule has 0 aliphatic carbocycles. The van der Waals surface area contributed by atoms with Gasteiger partial charge in [-0.05, 0) is 43.9 Å². The fourth-order valence-electron chi connectivity index (χ4n) is 3.19. The maximum absolute atomic E-state index is 4.76. The zero-order valence-electron chi connectivity index (χ0n) is 13.7. The summed E-state index contributed by atoms with van der Waals surface area (Å²) in [5, 5.41) is 0. The van der Waals surface area contributed by atoms with E-state index in [0.29, 0.717) is 6.04 Å². The van der Waals surface area contributed by atoms with E-state index in [1.807, 2.05) is 14.1 Å². The molecule has 1 saturated heterocycles. The molecule has 2 heterocycles. The fraction of sp³-hybridized carbons (Fsp3) is 0.706. The van der Waals surface area contributed by atoms with Crippen molar-refractivity contribution < 1.29 is 0 Å². The van der Waals surface area contributed by atoms with Gasteiger partial charge in [-0.3, -0.25) is 4.90 Å². The Morgan fingerprint density at radius 1 is 1.30 bits per heavy atom. The molecule has 3 heteroatoms. The number of likely N-dealkylation sites (tertiary alicyclic amines) is 1. The van der Waals surface area contributed by atoms with Gasteiger partial charge < -0.3 is 4.90 Å². The van der Waals surface area contributed by atoms with Gasteiger partial charge in [0.15, 0.2) is 0 Å². The summed E-state index contributed by atoms with van der Waals surface area (Å²) < 4.78 is 0. The molecule has 1 aliphatic heterocycles. The minimum Gasteiger partial charge on any atom is -0.363 e. The smallest absolute Gasteiger partial charge is 0.128 e. The van der Waals surface area contributed by atoms with E-state index in [9.17, 15) is 0 Å². The summed E-state index contributed by atoms with van der Waals surface area (Å²) in [5.74, 6) is 1.78. The Morgan fingerprint density at radius 2 is 2.05 bits per heavy atom. The lowest BCUT2D eigenvalue weighted by Crippen LogP contribution is -2.36. The monoisotopic (exact) mass is 275 g/mol. The van der Waals surface area contributed by atoms with Gasteiger partial charge in [0.05, 0.1) is 0 Å². The van der Waals surface area contributed by atoms with Crippen LogP contribution in [0.1, 0.15) is 50.4 Å². The third-order valence-corrected chi connectivity index (χ3v) is 4.14. The van der Waals surface area contributed by atoms with Crippen molar-refractivity contribution in [2.24, 2.45) is 5.92 Å².